The van der Waals surface area contributed by atoms with Crippen LogP contribution in [0.1, 0.15) is 47.3 Å². The van der Waals surface area contributed by atoms with Crippen LogP contribution in [0.2, 0.25) is 0 Å². The van der Waals surface area contributed by atoms with E-state index >= 15 is 0 Å². The molecule has 0 spiro atoms. The Labute approximate surface area is 145 Å². The molecule has 8 nitrogen and oxygen atoms in total. The summed E-state index contributed by atoms with van der Waals surface area (Å²) in [7, 11) is 1.82. The van der Waals surface area contributed by atoms with Crippen molar-refractivity contribution >= 4 is 5.91 Å². The van der Waals surface area contributed by atoms with Gasteiger partial charge in [0.05, 0.1) is 23.5 Å². The number of nitrogens with one attached hydrogen (secondary N) is 1. The van der Waals surface area contributed by atoms with E-state index in [0.717, 1.165) is 29.1 Å². The van der Waals surface area contributed by atoms with Gasteiger partial charge in [-0.05, 0) is 27.7 Å². The van der Waals surface area contributed by atoms with E-state index in [9.17, 15) is 4.79 Å². The van der Waals surface area contributed by atoms with Crippen molar-refractivity contribution in [1.29, 1.82) is 0 Å². The largest absolute Gasteiger partial charge is 0.355 e. The fourth-order valence-corrected chi connectivity index (χ4v) is 3.05. The van der Waals surface area contributed by atoms with E-state index in [1.807, 2.05) is 39.4 Å². The summed E-state index contributed by atoms with van der Waals surface area (Å²) in [6, 6.07) is 1.44. The van der Waals surface area contributed by atoms with Crippen LogP contribution in [-0.2, 0) is 13.6 Å². The highest BCUT2D eigenvalue weighted by atomic mass is 16.5. The fraction of sp³-hybridized carbons (Fsp3) is 0.412. The molecule has 0 saturated heterocycles. The van der Waals surface area contributed by atoms with Gasteiger partial charge in [-0.3, -0.25) is 14.2 Å². The minimum absolute atomic E-state index is 0.175. The maximum Gasteiger partial charge on any atom is 0.273 e. The molecule has 0 radical (unpaired) electrons. The summed E-state index contributed by atoms with van der Waals surface area (Å²) in [5.41, 5.74) is 4.03. The van der Waals surface area contributed by atoms with Crippen LogP contribution in [0.25, 0.3) is 11.3 Å². The molecule has 1 N–H and O–H groups in total. The lowest BCUT2D eigenvalue weighted by molar-refractivity contribution is 0.0930. The zero-order valence-electron chi connectivity index (χ0n) is 15.1. The van der Waals surface area contributed by atoms with Crippen LogP contribution in [0.5, 0.6) is 0 Å². The second-order valence-corrected chi connectivity index (χ2v) is 6.07. The molecule has 0 fully saturated rings. The first-order chi connectivity index (χ1) is 11.9. The average molecular weight is 342 g/mol. The number of nitrogens with zero attached hydrogens (tertiary/aromatic N) is 5. The third-order valence-electron chi connectivity index (χ3n) is 4.25. The Bertz CT molecular complexity index is 904. The van der Waals surface area contributed by atoms with Gasteiger partial charge in [0.1, 0.15) is 0 Å². The number of aryl methyl sites for hydroxylation is 3. The van der Waals surface area contributed by atoms with Crippen LogP contribution in [0.15, 0.2) is 23.0 Å². The molecular weight excluding hydrogens is 320 g/mol. The molecule has 0 aromatic carbocycles. The number of aromatic nitrogens is 5. The third kappa shape index (κ3) is 3.19. The van der Waals surface area contributed by atoms with E-state index in [0.29, 0.717) is 5.76 Å². The highest BCUT2D eigenvalue weighted by Gasteiger charge is 2.21. The van der Waals surface area contributed by atoms with Gasteiger partial charge in [0, 0.05) is 37.1 Å². The lowest BCUT2D eigenvalue weighted by Crippen LogP contribution is -2.27. The second-order valence-electron chi connectivity index (χ2n) is 6.07. The second kappa shape index (κ2) is 6.54. The standard InChI is InChI=1S/C17H22N6O2/c1-6-23-12(4)16(11(3)20-23)10(2)19-17(24)14-7-15(25-21-14)13-8-18-22(5)9-13/h7-10H,6H2,1-5H3,(H,19,24)/t10-/m0/s1. The van der Waals surface area contributed by atoms with Crippen LogP contribution in [-0.4, -0.2) is 30.6 Å². The smallest absolute Gasteiger partial charge is 0.273 e. The van der Waals surface area contributed by atoms with Crippen molar-refractivity contribution in [2.75, 3.05) is 0 Å². The van der Waals surface area contributed by atoms with Gasteiger partial charge in [0.2, 0.25) is 0 Å². The summed E-state index contributed by atoms with van der Waals surface area (Å²) in [4.78, 5) is 12.5. The Balaban J connectivity index is 1.76. The summed E-state index contributed by atoms with van der Waals surface area (Å²) in [6.45, 7) is 8.75. The van der Waals surface area contributed by atoms with Crippen molar-refractivity contribution in [3.8, 4) is 11.3 Å². The van der Waals surface area contributed by atoms with E-state index in [2.05, 4.69) is 20.7 Å². The molecule has 0 unspecified atom stereocenters. The molecule has 0 saturated carbocycles. The number of amides is 1. The SMILES string of the molecule is CCn1nc(C)c([C@H](C)NC(=O)c2cc(-c3cnn(C)c3)on2)c1C. The molecule has 0 aliphatic heterocycles. The van der Waals surface area contributed by atoms with Crippen molar-refractivity contribution < 1.29 is 9.32 Å². The highest BCUT2D eigenvalue weighted by molar-refractivity contribution is 5.93. The maximum absolute atomic E-state index is 12.5. The zero-order valence-corrected chi connectivity index (χ0v) is 15.1. The lowest BCUT2D eigenvalue weighted by atomic mass is 10.1. The van der Waals surface area contributed by atoms with Gasteiger partial charge in [0.25, 0.3) is 5.91 Å². The quantitative estimate of drug-likeness (QED) is 0.769. The number of carbonyl (C=O) groups excluding carboxylic acids is 1. The molecule has 3 rings (SSSR count). The lowest BCUT2D eigenvalue weighted by Gasteiger charge is -2.14. The van der Waals surface area contributed by atoms with Crippen molar-refractivity contribution in [1.82, 2.24) is 30.0 Å². The molecule has 25 heavy (non-hydrogen) atoms. The molecule has 0 aliphatic rings. The number of carbonyl (C=O) groups is 1. The first-order valence-corrected chi connectivity index (χ1v) is 8.21. The molecule has 1 atom stereocenters. The first-order valence-electron chi connectivity index (χ1n) is 8.21. The van der Waals surface area contributed by atoms with Crippen LogP contribution >= 0.6 is 0 Å². The molecule has 1 amide bonds. The van der Waals surface area contributed by atoms with Crippen LogP contribution in [0.3, 0.4) is 0 Å². The van der Waals surface area contributed by atoms with Gasteiger partial charge in [0.15, 0.2) is 11.5 Å². The molecule has 3 aromatic rings. The van der Waals surface area contributed by atoms with E-state index in [1.54, 1.807) is 23.1 Å². The Kier molecular flexibility index (Phi) is 4.43. The topological polar surface area (TPSA) is 90.8 Å². The first kappa shape index (κ1) is 16.9. The summed E-state index contributed by atoms with van der Waals surface area (Å²) in [6.07, 6.45) is 3.47. The summed E-state index contributed by atoms with van der Waals surface area (Å²) < 4.78 is 8.86. The number of rotatable bonds is 5. The normalized spacial score (nSPS) is 12.4. The highest BCUT2D eigenvalue weighted by Crippen LogP contribution is 2.23. The predicted molar refractivity (Wildman–Crippen MR) is 92.0 cm³/mol. The van der Waals surface area contributed by atoms with E-state index < -0.39 is 0 Å². The zero-order chi connectivity index (χ0) is 18.1. The van der Waals surface area contributed by atoms with Crippen LogP contribution in [0.4, 0.5) is 0 Å². The third-order valence-corrected chi connectivity index (χ3v) is 4.25. The van der Waals surface area contributed by atoms with Crippen molar-refractivity contribution in [2.45, 2.75) is 40.3 Å². The van der Waals surface area contributed by atoms with Crippen LogP contribution < -0.4 is 5.32 Å². The summed E-state index contributed by atoms with van der Waals surface area (Å²) in [5.74, 6) is 0.228. The minimum Gasteiger partial charge on any atom is -0.355 e. The van der Waals surface area contributed by atoms with Gasteiger partial charge in [-0.1, -0.05) is 5.16 Å². The van der Waals surface area contributed by atoms with Crippen molar-refractivity contribution in [3.05, 3.63) is 41.1 Å². The average Bonchev–Trinajstić information content (AvgIpc) is 3.26. The Morgan fingerprint density at radius 3 is 2.76 bits per heavy atom. The molecule has 3 aromatic heterocycles. The van der Waals surface area contributed by atoms with Gasteiger partial charge >= 0.3 is 0 Å². The molecule has 132 valence electrons. The Morgan fingerprint density at radius 2 is 2.16 bits per heavy atom. The molecule has 0 aliphatic carbocycles. The van der Waals surface area contributed by atoms with E-state index in [1.165, 1.54) is 0 Å². The molecular formula is C17H22N6O2. The minimum atomic E-state index is -0.283. The Hall–Kier alpha value is -2.90. The molecule has 8 heteroatoms. The van der Waals surface area contributed by atoms with Gasteiger partial charge in [-0.15, -0.1) is 0 Å². The van der Waals surface area contributed by atoms with E-state index in [-0.39, 0.29) is 17.6 Å². The van der Waals surface area contributed by atoms with Crippen molar-refractivity contribution in [3.63, 3.8) is 0 Å². The predicted octanol–water partition coefficient (Wildman–Crippen LogP) is 2.40. The fourth-order valence-electron chi connectivity index (χ4n) is 3.05. The summed E-state index contributed by atoms with van der Waals surface area (Å²) >= 11 is 0. The maximum atomic E-state index is 12.5. The van der Waals surface area contributed by atoms with E-state index in [4.69, 9.17) is 4.52 Å². The Morgan fingerprint density at radius 1 is 1.40 bits per heavy atom. The van der Waals surface area contributed by atoms with Crippen LogP contribution in [0, 0.1) is 13.8 Å². The number of hydrogen-bond acceptors (Lipinski definition) is 5. The number of hydrogen-bond donors (Lipinski definition) is 1. The van der Waals surface area contributed by atoms with Crippen molar-refractivity contribution in [2.24, 2.45) is 7.05 Å². The van der Waals surface area contributed by atoms with Gasteiger partial charge in [-0.2, -0.15) is 10.2 Å². The summed E-state index contributed by atoms with van der Waals surface area (Å²) in [5, 5.41) is 15.4. The molecule has 0 bridgehead atoms. The van der Waals surface area contributed by atoms with Gasteiger partial charge in [-0.25, -0.2) is 0 Å². The van der Waals surface area contributed by atoms with Gasteiger partial charge < -0.3 is 9.84 Å². The molecule has 3 heterocycles. The monoisotopic (exact) mass is 342 g/mol.